The molecule has 0 spiro atoms. The monoisotopic (exact) mass is 140 g/mol. The molecule has 0 unspecified atom stereocenters. The van der Waals surface area contributed by atoms with E-state index >= 15 is 0 Å². The van der Waals surface area contributed by atoms with Gasteiger partial charge in [0.2, 0.25) is 0 Å². The second-order valence-corrected chi connectivity index (χ2v) is 2.44. The zero-order valence-corrected chi connectivity index (χ0v) is 6.28. The lowest BCUT2D eigenvalue weighted by atomic mass is 10.2. The van der Waals surface area contributed by atoms with Crippen LogP contribution in [-0.2, 0) is 7.05 Å². The van der Waals surface area contributed by atoms with Crippen LogP contribution < -0.4 is 5.73 Å². The molecule has 0 aliphatic heterocycles. The maximum Gasteiger partial charge on any atom is 0.136 e. The average molecular weight is 140 g/mol. The number of aryl methyl sites for hydroxylation is 1. The smallest absolute Gasteiger partial charge is 0.136 e. The van der Waals surface area contributed by atoms with Crippen molar-refractivity contribution < 1.29 is 0 Å². The highest BCUT2D eigenvalue weighted by molar-refractivity contribution is 4.93. The molecule has 0 aliphatic carbocycles. The fourth-order valence-electron chi connectivity index (χ4n) is 0.844. The Morgan fingerprint density at radius 2 is 2.50 bits per heavy atom. The zero-order valence-electron chi connectivity index (χ0n) is 6.28. The molecule has 4 heteroatoms. The van der Waals surface area contributed by atoms with Gasteiger partial charge in [0, 0.05) is 19.5 Å². The van der Waals surface area contributed by atoms with Gasteiger partial charge in [0.1, 0.15) is 12.2 Å². The van der Waals surface area contributed by atoms with Gasteiger partial charge in [-0.2, -0.15) is 0 Å². The summed E-state index contributed by atoms with van der Waals surface area (Å²) in [5.41, 5.74) is 5.45. The standard InChI is InChI=1S/C6H12N4/c1-5(3-7)6-9-8-4-10(6)2/h4-5H,3,7H2,1-2H3/t5-/m1/s1. The fourth-order valence-corrected chi connectivity index (χ4v) is 0.844. The molecule has 10 heavy (non-hydrogen) atoms. The quantitative estimate of drug-likeness (QED) is 0.623. The minimum atomic E-state index is 0.299. The van der Waals surface area contributed by atoms with Crippen LogP contribution in [0, 0.1) is 0 Å². The van der Waals surface area contributed by atoms with Crippen LogP contribution in [-0.4, -0.2) is 21.3 Å². The second kappa shape index (κ2) is 2.79. The number of nitrogens with two attached hydrogens (primary N) is 1. The third kappa shape index (κ3) is 1.16. The predicted octanol–water partition coefficient (Wildman–Crippen LogP) is -0.123. The van der Waals surface area contributed by atoms with Crippen LogP contribution in [0.15, 0.2) is 6.33 Å². The highest BCUT2D eigenvalue weighted by atomic mass is 15.2. The summed E-state index contributed by atoms with van der Waals surface area (Å²) in [5.74, 6) is 1.25. The summed E-state index contributed by atoms with van der Waals surface area (Å²) >= 11 is 0. The van der Waals surface area contributed by atoms with Gasteiger partial charge in [-0.1, -0.05) is 6.92 Å². The van der Waals surface area contributed by atoms with E-state index in [1.807, 2.05) is 18.5 Å². The Bertz CT molecular complexity index is 205. The van der Waals surface area contributed by atoms with Gasteiger partial charge in [-0.05, 0) is 0 Å². The molecule has 56 valence electrons. The van der Waals surface area contributed by atoms with E-state index in [-0.39, 0.29) is 0 Å². The van der Waals surface area contributed by atoms with Crippen molar-refractivity contribution >= 4 is 0 Å². The topological polar surface area (TPSA) is 56.7 Å². The van der Waals surface area contributed by atoms with E-state index in [1.54, 1.807) is 6.33 Å². The molecule has 0 bridgehead atoms. The van der Waals surface area contributed by atoms with Crippen molar-refractivity contribution in [2.24, 2.45) is 12.8 Å². The molecule has 1 aromatic rings. The van der Waals surface area contributed by atoms with Gasteiger partial charge in [-0.15, -0.1) is 10.2 Å². The predicted molar refractivity (Wildman–Crippen MR) is 38.5 cm³/mol. The number of nitrogens with zero attached hydrogens (tertiary/aromatic N) is 3. The lowest BCUT2D eigenvalue weighted by molar-refractivity contribution is 0.666. The van der Waals surface area contributed by atoms with Gasteiger partial charge in [0.15, 0.2) is 0 Å². The molecule has 4 nitrogen and oxygen atoms in total. The van der Waals surface area contributed by atoms with Crippen LogP contribution >= 0.6 is 0 Å². The summed E-state index contributed by atoms with van der Waals surface area (Å²) in [5, 5.41) is 7.67. The summed E-state index contributed by atoms with van der Waals surface area (Å²) < 4.78 is 1.89. The second-order valence-electron chi connectivity index (χ2n) is 2.44. The van der Waals surface area contributed by atoms with Crippen molar-refractivity contribution in [2.45, 2.75) is 12.8 Å². The first-order chi connectivity index (χ1) is 4.75. The van der Waals surface area contributed by atoms with Crippen molar-refractivity contribution in [2.75, 3.05) is 6.54 Å². The number of rotatable bonds is 2. The van der Waals surface area contributed by atoms with Gasteiger partial charge in [0.25, 0.3) is 0 Å². The van der Waals surface area contributed by atoms with Crippen LogP contribution in [0.5, 0.6) is 0 Å². The largest absolute Gasteiger partial charge is 0.330 e. The maximum atomic E-state index is 5.45. The van der Waals surface area contributed by atoms with E-state index in [0.29, 0.717) is 12.5 Å². The lowest BCUT2D eigenvalue weighted by Gasteiger charge is -2.05. The molecule has 0 radical (unpaired) electrons. The Morgan fingerprint density at radius 3 is 2.90 bits per heavy atom. The molecule has 0 fully saturated rings. The average Bonchev–Trinajstić information content (AvgIpc) is 2.34. The van der Waals surface area contributed by atoms with Gasteiger partial charge in [-0.25, -0.2) is 0 Å². The van der Waals surface area contributed by atoms with Crippen molar-refractivity contribution in [3.8, 4) is 0 Å². The Hall–Kier alpha value is -0.900. The normalized spacial score (nSPS) is 13.5. The van der Waals surface area contributed by atoms with Gasteiger partial charge >= 0.3 is 0 Å². The third-order valence-corrected chi connectivity index (χ3v) is 1.54. The number of hydrogen-bond donors (Lipinski definition) is 1. The summed E-state index contributed by atoms with van der Waals surface area (Å²) in [6.45, 7) is 2.65. The molecule has 1 aromatic heterocycles. The molecule has 0 aromatic carbocycles. The van der Waals surface area contributed by atoms with Crippen molar-refractivity contribution in [1.82, 2.24) is 14.8 Å². The minimum Gasteiger partial charge on any atom is -0.330 e. The van der Waals surface area contributed by atoms with Crippen molar-refractivity contribution in [3.05, 3.63) is 12.2 Å². The van der Waals surface area contributed by atoms with Gasteiger partial charge in [-0.3, -0.25) is 0 Å². The summed E-state index contributed by atoms with van der Waals surface area (Å²) in [6, 6.07) is 0. The summed E-state index contributed by atoms with van der Waals surface area (Å²) in [6.07, 6.45) is 1.68. The molecule has 1 rings (SSSR count). The van der Waals surface area contributed by atoms with E-state index in [0.717, 1.165) is 5.82 Å². The number of aromatic nitrogens is 3. The molecular weight excluding hydrogens is 128 g/mol. The Labute approximate surface area is 60.1 Å². The van der Waals surface area contributed by atoms with E-state index in [2.05, 4.69) is 10.2 Å². The summed E-state index contributed by atoms with van der Waals surface area (Å²) in [4.78, 5) is 0. The highest BCUT2D eigenvalue weighted by Gasteiger charge is 2.07. The molecule has 1 heterocycles. The van der Waals surface area contributed by atoms with Crippen LogP contribution in [0.1, 0.15) is 18.7 Å². The molecular formula is C6H12N4. The van der Waals surface area contributed by atoms with E-state index in [9.17, 15) is 0 Å². The lowest BCUT2D eigenvalue weighted by Crippen LogP contribution is -2.13. The van der Waals surface area contributed by atoms with Crippen molar-refractivity contribution in [1.29, 1.82) is 0 Å². The first-order valence-electron chi connectivity index (χ1n) is 3.29. The van der Waals surface area contributed by atoms with Crippen LogP contribution in [0.2, 0.25) is 0 Å². The Balaban J connectivity index is 2.82. The molecule has 0 amide bonds. The van der Waals surface area contributed by atoms with Crippen LogP contribution in [0.4, 0.5) is 0 Å². The highest BCUT2D eigenvalue weighted by Crippen LogP contribution is 2.07. The molecule has 0 saturated heterocycles. The SMILES string of the molecule is C[C@H](CN)c1nncn1C. The van der Waals surface area contributed by atoms with Crippen LogP contribution in [0.25, 0.3) is 0 Å². The van der Waals surface area contributed by atoms with Crippen LogP contribution in [0.3, 0.4) is 0 Å². The zero-order chi connectivity index (χ0) is 7.56. The molecule has 0 aliphatic rings. The minimum absolute atomic E-state index is 0.299. The first-order valence-corrected chi connectivity index (χ1v) is 3.29. The molecule has 0 saturated carbocycles. The fraction of sp³-hybridized carbons (Fsp3) is 0.667. The molecule has 2 N–H and O–H groups in total. The molecule has 1 atom stereocenters. The van der Waals surface area contributed by atoms with E-state index < -0.39 is 0 Å². The first kappa shape index (κ1) is 7.21. The van der Waals surface area contributed by atoms with Gasteiger partial charge in [0.05, 0.1) is 0 Å². The van der Waals surface area contributed by atoms with Gasteiger partial charge < -0.3 is 10.3 Å². The summed E-state index contributed by atoms with van der Waals surface area (Å²) in [7, 11) is 1.92. The van der Waals surface area contributed by atoms with Crippen molar-refractivity contribution in [3.63, 3.8) is 0 Å². The van der Waals surface area contributed by atoms with E-state index in [4.69, 9.17) is 5.73 Å². The Morgan fingerprint density at radius 1 is 1.80 bits per heavy atom. The number of hydrogen-bond acceptors (Lipinski definition) is 3. The maximum absolute atomic E-state index is 5.45. The third-order valence-electron chi connectivity index (χ3n) is 1.54. The van der Waals surface area contributed by atoms with E-state index in [1.165, 1.54) is 0 Å². The Kier molecular flexibility index (Phi) is 2.01.